The molecule has 1 atom stereocenters. The number of hydrogen-bond acceptors (Lipinski definition) is 5. The number of aliphatic carboxylic acids is 1. The van der Waals surface area contributed by atoms with Gasteiger partial charge in [-0.2, -0.15) is 0 Å². The lowest BCUT2D eigenvalue weighted by Crippen LogP contribution is -2.52. The molecule has 0 aromatic carbocycles. The summed E-state index contributed by atoms with van der Waals surface area (Å²) in [6.07, 6.45) is 6.25. The lowest BCUT2D eigenvalue weighted by molar-refractivity contribution is -0.145. The van der Waals surface area contributed by atoms with E-state index in [1.807, 2.05) is 19.9 Å². The molecule has 0 amide bonds. The van der Waals surface area contributed by atoms with Crippen molar-refractivity contribution >= 4 is 17.7 Å². The van der Waals surface area contributed by atoms with Crippen LogP contribution in [0, 0.1) is 0 Å². The lowest BCUT2D eigenvalue weighted by atomic mass is 9.90. The number of nitrogens with one attached hydrogen (secondary N) is 1. The first kappa shape index (κ1) is 16.9. The molecule has 1 aromatic rings. The van der Waals surface area contributed by atoms with Gasteiger partial charge in [-0.15, -0.1) is 11.8 Å². The van der Waals surface area contributed by atoms with Gasteiger partial charge >= 0.3 is 5.97 Å². The zero-order valence-electron chi connectivity index (χ0n) is 12.1. The topological polar surface area (TPSA) is 75.1 Å². The van der Waals surface area contributed by atoms with Crippen LogP contribution in [-0.4, -0.2) is 38.9 Å². The summed E-state index contributed by atoms with van der Waals surface area (Å²) in [7, 11) is 0. The van der Waals surface area contributed by atoms with E-state index in [4.69, 9.17) is 0 Å². The zero-order chi connectivity index (χ0) is 14.8. The zero-order valence-corrected chi connectivity index (χ0v) is 12.9. The second-order valence-corrected chi connectivity index (χ2v) is 5.78. The van der Waals surface area contributed by atoms with E-state index in [2.05, 4.69) is 15.3 Å². The van der Waals surface area contributed by atoms with Crippen molar-refractivity contribution < 1.29 is 9.90 Å². The molecule has 0 aliphatic heterocycles. The minimum absolute atomic E-state index is 0.598. The van der Waals surface area contributed by atoms with E-state index in [1.165, 1.54) is 6.33 Å². The molecule has 0 bridgehead atoms. The first-order chi connectivity index (χ1) is 9.64. The van der Waals surface area contributed by atoms with Crippen LogP contribution in [0.4, 0.5) is 0 Å². The second kappa shape index (κ2) is 8.92. The van der Waals surface area contributed by atoms with Crippen molar-refractivity contribution in [2.75, 3.05) is 12.3 Å². The molecule has 1 rings (SSSR count). The van der Waals surface area contributed by atoms with Crippen molar-refractivity contribution in [1.29, 1.82) is 0 Å². The fraction of sp³-hybridized carbons (Fsp3) is 0.643. The molecule has 0 fully saturated rings. The van der Waals surface area contributed by atoms with E-state index in [9.17, 15) is 9.90 Å². The maximum Gasteiger partial charge on any atom is 0.323 e. The number of nitrogens with zero attached hydrogens (tertiary/aromatic N) is 2. The normalized spacial score (nSPS) is 13.9. The maximum atomic E-state index is 11.5. The van der Waals surface area contributed by atoms with Gasteiger partial charge in [0, 0.05) is 6.20 Å². The van der Waals surface area contributed by atoms with Gasteiger partial charge in [0.2, 0.25) is 0 Å². The summed E-state index contributed by atoms with van der Waals surface area (Å²) in [5, 5.41) is 13.6. The Morgan fingerprint density at radius 3 is 2.85 bits per heavy atom. The summed E-state index contributed by atoms with van der Waals surface area (Å²) in [6, 6.07) is 1.87. The highest BCUT2D eigenvalue weighted by molar-refractivity contribution is 7.99. The second-order valence-electron chi connectivity index (χ2n) is 4.67. The number of carbonyl (C=O) groups is 1. The molecule has 1 heterocycles. The fourth-order valence-corrected chi connectivity index (χ4v) is 2.78. The molecule has 0 saturated heterocycles. The molecule has 0 saturated carbocycles. The van der Waals surface area contributed by atoms with Gasteiger partial charge in [0.1, 0.15) is 11.9 Å². The van der Waals surface area contributed by atoms with Gasteiger partial charge in [-0.25, -0.2) is 9.97 Å². The Hall–Kier alpha value is -1.14. The number of carboxylic acids is 1. The first-order valence-electron chi connectivity index (χ1n) is 7.02. The van der Waals surface area contributed by atoms with Crippen LogP contribution in [0.2, 0.25) is 0 Å². The van der Waals surface area contributed by atoms with Crippen LogP contribution < -0.4 is 5.32 Å². The smallest absolute Gasteiger partial charge is 0.323 e. The van der Waals surface area contributed by atoms with Crippen molar-refractivity contribution in [2.24, 2.45) is 0 Å². The summed E-state index contributed by atoms with van der Waals surface area (Å²) in [4.78, 5) is 19.5. The fourth-order valence-electron chi connectivity index (χ4n) is 2.00. The molecule has 1 aromatic heterocycles. The molecule has 0 radical (unpaired) electrons. The van der Waals surface area contributed by atoms with Crippen LogP contribution >= 0.6 is 11.8 Å². The minimum Gasteiger partial charge on any atom is -0.480 e. The molecular formula is C14H23N3O2S. The van der Waals surface area contributed by atoms with E-state index in [0.717, 1.165) is 30.2 Å². The van der Waals surface area contributed by atoms with E-state index in [1.54, 1.807) is 18.0 Å². The number of hydrogen-bond donors (Lipinski definition) is 2. The van der Waals surface area contributed by atoms with Crippen LogP contribution in [0.1, 0.15) is 39.5 Å². The standard InChI is InChI=1S/C14H23N3O2S/c1-3-8-17-14(4-2,13(18)19)7-5-10-20-12-6-9-15-11-16-12/h6,9,11,17H,3-5,7-8,10H2,1-2H3,(H,18,19). The molecule has 1 unspecified atom stereocenters. The van der Waals surface area contributed by atoms with Gasteiger partial charge in [0.05, 0.1) is 5.03 Å². The first-order valence-corrected chi connectivity index (χ1v) is 8.00. The average Bonchev–Trinajstić information content (AvgIpc) is 2.47. The van der Waals surface area contributed by atoms with Gasteiger partial charge in [-0.1, -0.05) is 13.8 Å². The van der Waals surface area contributed by atoms with Crippen molar-refractivity contribution in [3.05, 3.63) is 18.6 Å². The summed E-state index contributed by atoms with van der Waals surface area (Å²) in [5.74, 6) is 0.111. The summed E-state index contributed by atoms with van der Waals surface area (Å²) in [6.45, 7) is 4.70. The molecule has 0 spiro atoms. The quantitative estimate of drug-likeness (QED) is 0.393. The molecule has 6 heteroatoms. The van der Waals surface area contributed by atoms with Gasteiger partial charge < -0.3 is 10.4 Å². The van der Waals surface area contributed by atoms with Gasteiger partial charge in [0.15, 0.2) is 0 Å². The molecule has 112 valence electrons. The van der Waals surface area contributed by atoms with E-state index < -0.39 is 11.5 Å². The van der Waals surface area contributed by atoms with Gasteiger partial charge in [0.25, 0.3) is 0 Å². The monoisotopic (exact) mass is 297 g/mol. The molecule has 0 aliphatic carbocycles. The average molecular weight is 297 g/mol. The van der Waals surface area contributed by atoms with E-state index in [0.29, 0.717) is 12.8 Å². The van der Waals surface area contributed by atoms with Crippen molar-refractivity contribution in [3.63, 3.8) is 0 Å². The predicted molar refractivity (Wildman–Crippen MR) is 80.9 cm³/mol. The minimum atomic E-state index is -0.789. The highest BCUT2D eigenvalue weighted by Crippen LogP contribution is 2.22. The summed E-state index contributed by atoms with van der Waals surface area (Å²) < 4.78 is 0. The van der Waals surface area contributed by atoms with Crippen molar-refractivity contribution in [3.8, 4) is 0 Å². The summed E-state index contributed by atoms with van der Waals surface area (Å²) in [5.41, 5.74) is -0.789. The van der Waals surface area contributed by atoms with Crippen molar-refractivity contribution in [2.45, 2.75) is 50.1 Å². The number of rotatable bonds is 10. The third-order valence-corrected chi connectivity index (χ3v) is 4.31. The molecule has 20 heavy (non-hydrogen) atoms. The van der Waals surface area contributed by atoms with Gasteiger partial charge in [-0.05, 0) is 44.0 Å². The van der Waals surface area contributed by atoms with E-state index >= 15 is 0 Å². The Bertz CT molecular complexity index is 403. The Morgan fingerprint density at radius 1 is 1.50 bits per heavy atom. The SMILES string of the molecule is CCCNC(CC)(CCCSc1ccncn1)C(=O)O. The van der Waals surface area contributed by atoms with Crippen LogP contribution in [0.5, 0.6) is 0 Å². The van der Waals surface area contributed by atoms with E-state index in [-0.39, 0.29) is 0 Å². The molecule has 2 N–H and O–H groups in total. The molecule has 0 aliphatic rings. The predicted octanol–water partition coefficient (Wildman–Crippen LogP) is 2.58. The Morgan fingerprint density at radius 2 is 2.30 bits per heavy atom. The third kappa shape index (κ3) is 5.09. The molecular weight excluding hydrogens is 274 g/mol. The van der Waals surface area contributed by atoms with Crippen LogP contribution in [0.25, 0.3) is 0 Å². The highest BCUT2D eigenvalue weighted by atomic mass is 32.2. The van der Waals surface area contributed by atoms with Crippen LogP contribution in [0.15, 0.2) is 23.6 Å². The maximum absolute atomic E-state index is 11.5. The third-order valence-electron chi connectivity index (χ3n) is 3.28. The van der Waals surface area contributed by atoms with Gasteiger partial charge in [-0.3, -0.25) is 4.79 Å². The number of aromatic nitrogens is 2. The lowest BCUT2D eigenvalue weighted by Gasteiger charge is -2.29. The van der Waals surface area contributed by atoms with Crippen molar-refractivity contribution in [1.82, 2.24) is 15.3 Å². The summed E-state index contributed by atoms with van der Waals surface area (Å²) >= 11 is 1.64. The Kier molecular flexibility index (Phi) is 7.54. The number of carboxylic acid groups (broad SMARTS) is 1. The van der Waals surface area contributed by atoms with Crippen LogP contribution in [0.3, 0.4) is 0 Å². The molecule has 5 nitrogen and oxygen atoms in total. The highest BCUT2D eigenvalue weighted by Gasteiger charge is 2.35. The largest absolute Gasteiger partial charge is 0.480 e. The number of thioether (sulfide) groups is 1. The Balaban J connectivity index is 2.44. The van der Waals surface area contributed by atoms with Crippen LogP contribution in [-0.2, 0) is 4.79 Å². The Labute approximate surface area is 124 Å².